The fraction of sp³-hybridized carbons (Fsp3) is 0.750. The van der Waals surface area contributed by atoms with Gasteiger partial charge in [-0.15, -0.1) is 0 Å². The van der Waals surface area contributed by atoms with Crippen LogP contribution in [0, 0.1) is 23.7 Å². The predicted molar refractivity (Wildman–Crippen MR) is 51.2 cm³/mol. The van der Waals surface area contributed by atoms with Gasteiger partial charge in [-0.1, -0.05) is 12.2 Å². The Morgan fingerprint density at radius 3 is 2.54 bits per heavy atom. The zero-order valence-corrected chi connectivity index (χ0v) is 7.91. The van der Waals surface area contributed by atoms with E-state index in [1.807, 2.05) is 0 Å². The molecule has 4 rings (SSSR count). The van der Waals surface area contributed by atoms with E-state index in [-0.39, 0.29) is 0 Å². The molecule has 2 saturated carbocycles. The molecular formula is C12H16O. The first-order chi connectivity index (χ1) is 6.36. The van der Waals surface area contributed by atoms with E-state index in [1.54, 1.807) is 0 Å². The third-order valence-electron chi connectivity index (χ3n) is 4.24. The smallest absolute Gasteiger partial charge is 0.136 e. The van der Waals surface area contributed by atoms with Gasteiger partial charge in [0, 0.05) is 12.3 Å². The lowest BCUT2D eigenvalue weighted by molar-refractivity contribution is -0.131. The molecule has 0 N–H and O–H groups in total. The van der Waals surface area contributed by atoms with Crippen molar-refractivity contribution in [3.05, 3.63) is 12.2 Å². The molecule has 1 heteroatoms. The Bertz CT molecular complexity index is 266. The van der Waals surface area contributed by atoms with Crippen LogP contribution in [0.4, 0.5) is 0 Å². The number of hydrogen-bond donors (Lipinski definition) is 0. The summed E-state index contributed by atoms with van der Waals surface area (Å²) in [5, 5.41) is 0. The Kier molecular flexibility index (Phi) is 1.61. The van der Waals surface area contributed by atoms with Crippen molar-refractivity contribution in [1.82, 2.24) is 0 Å². The quantitative estimate of drug-likeness (QED) is 0.518. The normalized spacial score (nSPS) is 47.8. The van der Waals surface area contributed by atoms with Gasteiger partial charge in [-0.05, 0) is 43.4 Å². The maximum atomic E-state index is 11.8. The molecule has 0 amide bonds. The number of hydrogen-bond acceptors (Lipinski definition) is 1. The van der Waals surface area contributed by atoms with Crippen LogP contribution in [-0.4, -0.2) is 5.78 Å². The van der Waals surface area contributed by atoms with E-state index in [4.69, 9.17) is 0 Å². The molecule has 70 valence electrons. The first-order valence-corrected chi connectivity index (χ1v) is 5.57. The average molecular weight is 176 g/mol. The van der Waals surface area contributed by atoms with E-state index < -0.39 is 0 Å². The number of carbonyl (C=O) groups is 1. The molecule has 2 bridgehead atoms. The summed E-state index contributed by atoms with van der Waals surface area (Å²) in [5.74, 6) is 3.08. The number of Topliss-reactive ketones (excluding diaryl/α,β-unsaturated/α-hetero) is 1. The topological polar surface area (TPSA) is 17.1 Å². The minimum atomic E-state index is 0.428. The maximum absolute atomic E-state index is 11.8. The van der Waals surface area contributed by atoms with Crippen molar-refractivity contribution in [1.29, 1.82) is 0 Å². The van der Waals surface area contributed by atoms with Crippen molar-refractivity contribution >= 4 is 5.78 Å². The highest BCUT2D eigenvalue weighted by atomic mass is 16.1. The fourth-order valence-corrected chi connectivity index (χ4v) is 3.65. The number of carbonyl (C=O) groups excluding carboxylic acids is 1. The van der Waals surface area contributed by atoms with E-state index in [0.717, 1.165) is 24.7 Å². The van der Waals surface area contributed by atoms with E-state index in [2.05, 4.69) is 12.2 Å². The van der Waals surface area contributed by atoms with E-state index in [0.29, 0.717) is 17.6 Å². The Hall–Kier alpha value is -0.590. The summed E-state index contributed by atoms with van der Waals surface area (Å²) in [6.07, 6.45) is 10.6. The first-order valence-electron chi connectivity index (χ1n) is 5.57. The molecule has 1 nitrogen and oxygen atoms in total. The van der Waals surface area contributed by atoms with Crippen LogP contribution in [0.15, 0.2) is 12.2 Å². The zero-order chi connectivity index (χ0) is 8.84. The molecule has 13 heavy (non-hydrogen) atoms. The molecule has 0 aliphatic heterocycles. The fourth-order valence-electron chi connectivity index (χ4n) is 3.65. The van der Waals surface area contributed by atoms with Crippen LogP contribution in [0.25, 0.3) is 0 Å². The summed E-state index contributed by atoms with van der Waals surface area (Å²) in [7, 11) is 0. The van der Waals surface area contributed by atoms with Gasteiger partial charge < -0.3 is 0 Å². The van der Waals surface area contributed by atoms with Crippen molar-refractivity contribution in [3.63, 3.8) is 0 Å². The van der Waals surface area contributed by atoms with E-state index in [1.165, 1.54) is 19.3 Å². The van der Waals surface area contributed by atoms with Gasteiger partial charge >= 0.3 is 0 Å². The van der Waals surface area contributed by atoms with E-state index in [9.17, 15) is 4.79 Å². The molecule has 4 aliphatic rings. The number of rotatable bonds is 0. The molecule has 4 aliphatic carbocycles. The SMILES string of the molecule is O=C1CCC[C@H]2[C@H]1[C@H]1C=C[C@@H]2CC1. The van der Waals surface area contributed by atoms with Gasteiger partial charge in [0.25, 0.3) is 0 Å². The molecule has 0 unspecified atom stereocenters. The van der Waals surface area contributed by atoms with Crippen molar-refractivity contribution < 1.29 is 4.79 Å². The van der Waals surface area contributed by atoms with Gasteiger partial charge in [0.2, 0.25) is 0 Å². The second-order valence-corrected chi connectivity index (χ2v) is 4.84. The Labute approximate surface area is 79.2 Å². The highest BCUT2D eigenvalue weighted by Crippen LogP contribution is 2.49. The van der Waals surface area contributed by atoms with Crippen LogP contribution in [-0.2, 0) is 4.79 Å². The first kappa shape index (κ1) is 7.78. The van der Waals surface area contributed by atoms with Crippen molar-refractivity contribution in [2.75, 3.05) is 0 Å². The molecule has 0 radical (unpaired) electrons. The lowest BCUT2D eigenvalue weighted by atomic mass is 9.57. The van der Waals surface area contributed by atoms with Gasteiger partial charge in [0.15, 0.2) is 0 Å². The second kappa shape index (κ2) is 2.70. The Morgan fingerprint density at radius 2 is 1.85 bits per heavy atom. The summed E-state index contributed by atoms with van der Waals surface area (Å²) >= 11 is 0. The summed E-state index contributed by atoms with van der Waals surface area (Å²) in [4.78, 5) is 11.8. The summed E-state index contributed by atoms with van der Waals surface area (Å²) < 4.78 is 0. The largest absolute Gasteiger partial charge is 0.299 e. The highest BCUT2D eigenvalue weighted by molar-refractivity contribution is 5.83. The van der Waals surface area contributed by atoms with Crippen molar-refractivity contribution in [2.45, 2.75) is 32.1 Å². The molecule has 0 aromatic rings. The summed E-state index contributed by atoms with van der Waals surface area (Å²) in [6.45, 7) is 0. The molecule has 0 aromatic carbocycles. The molecular weight excluding hydrogens is 160 g/mol. The molecule has 0 saturated heterocycles. The molecule has 2 fully saturated rings. The van der Waals surface area contributed by atoms with E-state index >= 15 is 0 Å². The van der Waals surface area contributed by atoms with Crippen LogP contribution < -0.4 is 0 Å². The molecule has 0 heterocycles. The Balaban J connectivity index is 1.96. The van der Waals surface area contributed by atoms with Crippen LogP contribution in [0.3, 0.4) is 0 Å². The lowest BCUT2D eigenvalue weighted by Gasteiger charge is -2.46. The van der Waals surface area contributed by atoms with Crippen LogP contribution in [0.2, 0.25) is 0 Å². The van der Waals surface area contributed by atoms with Crippen LogP contribution in [0.1, 0.15) is 32.1 Å². The van der Waals surface area contributed by atoms with Gasteiger partial charge in [-0.25, -0.2) is 0 Å². The maximum Gasteiger partial charge on any atom is 0.136 e. The van der Waals surface area contributed by atoms with Crippen LogP contribution >= 0.6 is 0 Å². The number of allylic oxidation sites excluding steroid dienone is 2. The summed E-state index contributed by atoms with van der Waals surface area (Å²) in [6, 6.07) is 0. The number of fused-ring (bicyclic) bond motifs is 1. The summed E-state index contributed by atoms with van der Waals surface area (Å²) in [5.41, 5.74) is 0. The predicted octanol–water partition coefficient (Wildman–Crippen LogP) is 2.57. The standard InChI is InChI=1S/C12H16O/c13-11-3-1-2-10-8-4-6-9(7-5-8)12(10)11/h4,6,8-10,12H,1-3,5,7H2/t8-,9+,10-,12-/m1/s1. The van der Waals surface area contributed by atoms with Crippen molar-refractivity contribution in [3.8, 4) is 0 Å². The highest BCUT2D eigenvalue weighted by Gasteiger charge is 2.45. The molecule has 0 spiro atoms. The minimum Gasteiger partial charge on any atom is -0.299 e. The number of ketones is 1. The monoisotopic (exact) mass is 176 g/mol. The molecule has 4 atom stereocenters. The Morgan fingerprint density at radius 1 is 1.08 bits per heavy atom. The lowest BCUT2D eigenvalue weighted by Crippen LogP contribution is -2.43. The van der Waals surface area contributed by atoms with Crippen LogP contribution in [0.5, 0.6) is 0 Å². The van der Waals surface area contributed by atoms with Gasteiger partial charge in [0.1, 0.15) is 5.78 Å². The van der Waals surface area contributed by atoms with Crippen molar-refractivity contribution in [2.24, 2.45) is 23.7 Å². The minimum absolute atomic E-state index is 0.428. The molecule has 0 aromatic heterocycles. The van der Waals surface area contributed by atoms with Gasteiger partial charge in [-0.2, -0.15) is 0 Å². The third kappa shape index (κ3) is 1.02. The third-order valence-corrected chi connectivity index (χ3v) is 4.24. The average Bonchev–Trinajstić information content (AvgIpc) is 2.20. The second-order valence-electron chi connectivity index (χ2n) is 4.84. The van der Waals surface area contributed by atoms with Gasteiger partial charge in [-0.3, -0.25) is 4.79 Å². The zero-order valence-electron chi connectivity index (χ0n) is 7.91. The van der Waals surface area contributed by atoms with Gasteiger partial charge in [0.05, 0.1) is 0 Å².